The lowest BCUT2D eigenvalue weighted by atomic mass is 9.92. The average molecular weight is 632 g/mol. The molecule has 0 spiro atoms. The summed E-state index contributed by atoms with van der Waals surface area (Å²) in [5.74, 6) is -2.23. The number of benzene rings is 3. The normalized spacial score (nSPS) is 22.8. The molecule has 0 unspecified atom stereocenters. The maximum atomic E-state index is 16.2. The Balaban J connectivity index is 1.36. The van der Waals surface area contributed by atoms with Crippen LogP contribution in [0.1, 0.15) is 18.4 Å². The van der Waals surface area contributed by atoms with E-state index in [1.165, 1.54) is 11.0 Å². The second-order valence-corrected chi connectivity index (χ2v) is 12.4. The molecule has 0 N–H and O–H groups in total. The molecule has 3 aromatic carbocycles. The van der Waals surface area contributed by atoms with Crippen molar-refractivity contribution < 1.29 is 22.7 Å². The van der Waals surface area contributed by atoms with Gasteiger partial charge in [-0.2, -0.15) is 5.26 Å². The number of likely N-dealkylation sites (N-methyl/N-ethyl adjacent to an activating group) is 1. The first-order chi connectivity index (χ1) is 21.7. The van der Waals surface area contributed by atoms with Crippen LogP contribution < -0.4 is 9.64 Å². The van der Waals surface area contributed by atoms with Gasteiger partial charge in [-0.15, -0.1) is 0 Å². The van der Waals surface area contributed by atoms with Crippen LogP contribution in [0.4, 0.5) is 18.9 Å². The van der Waals surface area contributed by atoms with Crippen molar-refractivity contribution in [2.75, 3.05) is 38.2 Å². The molecule has 3 aliphatic rings. The van der Waals surface area contributed by atoms with Crippen LogP contribution in [-0.4, -0.2) is 78.3 Å². The highest BCUT2D eigenvalue weighted by Gasteiger charge is 2.50. The number of fused-ring (bicyclic) bond motifs is 3. The van der Waals surface area contributed by atoms with E-state index in [9.17, 15) is 18.8 Å². The van der Waals surface area contributed by atoms with Crippen molar-refractivity contribution in [2.45, 2.75) is 37.1 Å². The summed E-state index contributed by atoms with van der Waals surface area (Å²) < 4.78 is 50.2. The number of ether oxygens (including phenoxy) is 1. The van der Waals surface area contributed by atoms with E-state index in [4.69, 9.17) is 21.3 Å². The second kappa shape index (κ2) is 11.2. The smallest absolute Gasteiger partial charge is 0.282 e. The Labute approximate surface area is 263 Å². The van der Waals surface area contributed by atoms with Gasteiger partial charge in [0.1, 0.15) is 30.2 Å². The molecule has 45 heavy (non-hydrogen) atoms. The zero-order valence-electron chi connectivity index (χ0n) is 24.4. The molecule has 11 heteroatoms. The lowest BCUT2D eigenvalue weighted by Gasteiger charge is -2.48. The predicted octanol–water partition coefficient (Wildman–Crippen LogP) is 6.41. The summed E-state index contributed by atoms with van der Waals surface area (Å²) in [5.41, 5.74) is 1.84. The van der Waals surface area contributed by atoms with Crippen LogP contribution in [0.5, 0.6) is 5.88 Å². The summed E-state index contributed by atoms with van der Waals surface area (Å²) in [6.07, 6.45) is -0.132. The van der Waals surface area contributed by atoms with Gasteiger partial charge in [-0.3, -0.25) is 9.69 Å². The van der Waals surface area contributed by atoms with Crippen molar-refractivity contribution in [1.29, 1.82) is 5.26 Å². The second-order valence-electron chi connectivity index (χ2n) is 12.0. The molecule has 4 heterocycles. The minimum absolute atomic E-state index is 0.0655. The highest BCUT2D eigenvalue weighted by Crippen LogP contribution is 2.45. The van der Waals surface area contributed by atoms with Crippen molar-refractivity contribution in [3.8, 4) is 23.1 Å². The molecule has 0 aliphatic carbocycles. The van der Waals surface area contributed by atoms with Gasteiger partial charge in [-0.25, -0.2) is 18.2 Å². The van der Waals surface area contributed by atoms with Crippen LogP contribution in [0.15, 0.2) is 60.9 Å². The van der Waals surface area contributed by atoms with Crippen LogP contribution in [0.2, 0.25) is 5.02 Å². The molecule has 1 amide bonds. The van der Waals surface area contributed by atoms with Gasteiger partial charge in [-0.05, 0) is 49.0 Å². The van der Waals surface area contributed by atoms with Gasteiger partial charge in [0.15, 0.2) is 5.83 Å². The van der Waals surface area contributed by atoms with Gasteiger partial charge in [0, 0.05) is 47.0 Å². The molecule has 0 bridgehead atoms. The number of hydrogen-bond donors (Lipinski definition) is 0. The average Bonchev–Trinajstić information content (AvgIpc) is 3.51. The highest BCUT2D eigenvalue weighted by molar-refractivity contribution is 6.36. The fourth-order valence-electron chi connectivity index (χ4n) is 7.14. The molecule has 0 saturated carbocycles. The molecule has 3 saturated heterocycles. The maximum Gasteiger partial charge on any atom is 0.282 e. The monoisotopic (exact) mass is 631 g/mol. The zero-order valence-corrected chi connectivity index (χ0v) is 25.2. The number of rotatable bonds is 6. The Morgan fingerprint density at radius 1 is 1.18 bits per heavy atom. The number of pyridine rings is 1. The number of carbonyl (C=O) groups excluding carboxylic acids is 1. The topological polar surface area (TPSA) is 72.7 Å². The minimum atomic E-state index is -1.02. The van der Waals surface area contributed by atoms with Crippen LogP contribution in [0.3, 0.4) is 0 Å². The molecule has 3 aliphatic heterocycles. The first kappa shape index (κ1) is 29.4. The third-order valence-electron chi connectivity index (χ3n) is 9.39. The van der Waals surface area contributed by atoms with Crippen LogP contribution in [0.25, 0.3) is 32.8 Å². The van der Waals surface area contributed by atoms with E-state index >= 15 is 4.39 Å². The fraction of sp³-hybridized carbons (Fsp3) is 0.324. The van der Waals surface area contributed by atoms with Gasteiger partial charge in [0.05, 0.1) is 23.3 Å². The lowest BCUT2D eigenvalue weighted by Crippen LogP contribution is -2.63. The highest BCUT2D eigenvalue weighted by atomic mass is 35.5. The summed E-state index contributed by atoms with van der Waals surface area (Å²) in [7, 11) is 1.82. The molecule has 1 aromatic heterocycles. The number of carbonyl (C=O) groups is 1. The van der Waals surface area contributed by atoms with E-state index in [2.05, 4.69) is 12.6 Å². The summed E-state index contributed by atoms with van der Waals surface area (Å²) in [6, 6.07) is 15.6. The number of likely N-dealkylation sites (tertiary alicyclic amines) is 2. The van der Waals surface area contributed by atoms with Gasteiger partial charge in [-0.1, -0.05) is 48.5 Å². The van der Waals surface area contributed by atoms with E-state index in [0.717, 1.165) is 5.39 Å². The van der Waals surface area contributed by atoms with E-state index < -0.39 is 23.7 Å². The van der Waals surface area contributed by atoms with E-state index in [-0.39, 0.29) is 41.7 Å². The Hall–Kier alpha value is -4.33. The molecular formula is C34H29ClF3N5O2. The van der Waals surface area contributed by atoms with E-state index in [1.54, 1.807) is 18.2 Å². The molecule has 7 nitrogen and oxygen atoms in total. The number of amides is 1. The van der Waals surface area contributed by atoms with Crippen LogP contribution in [-0.2, 0) is 4.79 Å². The van der Waals surface area contributed by atoms with Gasteiger partial charge < -0.3 is 14.5 Å². The number of nitrogens with zero attached hydrogens (tertiary/aromatic N) is 5. The lowest BCUT2D eigenvalue weighted by molar-refractivity contribution is -0.130. The molecular weight excluding hydrogens is 603 g/mol. The Bertz CT molecular complexity index is 1920. The Kier molecular flexibility index (Phi) is 7.34. The first-order valence-electron chi connectivity index (χ1n) is 14.8. The third-order valence-corrected chi connectivity index (χ3v) is 9.71. The number of halogens is 4. The molecule has 4 aromatic rings. The number of alkyl halides is 1. The summed E-state index contributed by atoms with van der Waals surface area (Å²) >= 11 is 6.58. The van der Waals surface area contributed by atoms with Crippen molar-refractivity contribution in [3.63, 3.8) is 0 Å². The Morgan fingerprint density at radius 2 is 1.96 bits per heavy atom. The van der Waals surface area contributed by atoms with Crippen molar-refractivity contribution in [2.24, 2.45) is 0 Å². The Morgan fingerprint density at radius 3 is 2.67 bits per heavy atom. The number of hydrogen-bond acceptors (Lipinski definition) is 6. The van der Waals surface area contributed by atoms with Crippen molar-refractivity contribution in [3.05, 3.63) is 77.3 Å². The largest absolute Gasteiger partial charge is 0.475 e. The molecule has 230 valence electrons. The molecule has 4 atom stereocenters. The van der Waals surface area contributed by atoms with Crippen LogP contribution >= 0.6 is 11.6 Å². The number of aromatic nitrogens is 1. The maximum absolute atomic E-state index is 16.2. The molecule has 3 fully saturated rings. The first-order valence-corrected chi connectivity index (χ1v) is 15.2. The number of nitriles is 1. The van der Waals surface area contributed by atoms with E-state index in [0.29, 0.717) is 65.0 Å². The molecule has 0 radical (unpaired) electrons. The molecule has 7 rings (SSSR count). The predicted molar refractivity (Wildman–Crippen MR) is 167 cm³/mol. The fourth-order valence-corrected chi connectivity index (χ4v) is 7.43. The SMILES string of the molecule is C=C(F)C(=O)N1CC[C@@H]2[C@H]1CN2c1c(C#N)c(OC[C@@H]2C[C@@H](F)CN2C)nc2cc(-c3cccc4cccc(Cl)c34)c(F)cc12. The summed E-state index contributed by atoms with van der Waals surface area (Å²) in [6.45, 7) is 4.21. The summed E-state index contributed by atoms with van der Waals surface area (Å²) in [4.78, 5) is 22.4. The van der Waals surface area contributed by atoms with Gasteiger partial charge in [0.2, 0.25) is 5.88 Å². The third kappa shape index (κ3) is 4.86. The standard InChI is InChI=1S/C34H29ClF3N5O2/c1-18(36)34(44)42-10-9-29-30(42)16-43(29)32-24-12-27(38)23(22-7-3-5-19-6-4-8-26(35)31(19)22)13-28(24)40-33(25(32)14-39)45-17-21-11-20(37)15-41(21)2/h3-8,12-13,20-21,29-30H,1,9-11,15-17H2,2H3/t20-,21+,29-,30-/m1/s1. The van der Waals surface area contributed by atoms with Gasteiger partial charge >= 0.3 is 0 Å². The number of anilines is 1. The van der Waals surface area contributed by atoms with Crippen LogP contribution in [0, 0.1) is 17.1 Å². The minimum Gasteiger partial charge on any atom is -0.475 e. The zero-order chi connectivity index (χ0) is 31.6. The summed E-state index contributed by atoms with van der Waals surface area (Å²) in [5, 5.41) is 12.9. The van der Waals surface area contributed by atoms with Crippen molar-refractivity contribution in [1.82, 2.24) is 14.8 Å². The van der Waals surface area contributed by atoms with Crippen molar-refractivity contribution >= 4 is 44.9 Å². The quantitative estimate of drug-likeness (QED) is 0.229. The van der Waals surface area contributed by atoms with Gasteiger partial charge in [0.25, 0.3) is 5.91 Å². The van der Waals surface area contributed by atoms with E-state index in [1.807, 2.05) is 41.1 Å².